The van der Waals surface area contributed by atoms with Crippen LogP contribution in [-0.2, 0) is 4.79 Å². The summed E-state index contributed by atoms with van der Waals surface area (Å²) in [6.07, 6.45) is 13.3. The first-order valence-corrected chi connectivity index (χ1v) is 8.02. The predicted octanol–water partition coefficient (Wildman–Crippen LogP) is 2.92. The van der Waals surface area contributed by atoms with Crippen LogP contribution in [0.15, 0.2) is 18.5 Å². The Balaban J connectivity index is 1.48. The highest BCUT2D eigenvalue weighted by Crippen LogP contribution is 2.56. The zero-order chi connectivity index (χ0) is 15.2. The molecule has 4 aliphatic carbocycles. The van der Waals surface area contributed by atoms with Crippen molar-refractivity contribution in [3.05, 3.63) is 24.0 Å². The quantitative estimate of drug-likeness (QED) is 0.866. The van der Waals surface area contributed by atoms with Crippen molar-refractivity contribution in [1.29, 1.82) is 0 Å². The summed E-state index contributed by atoms with van der Waals surface area (Å²) in [4.78, 5) is 19.0. The minimum atomic E-state index is -0.978. The van der Waals surface area contributed by atoms with Gasteiger partial charge in [0.2, 0.25) is 0 Å². The molecule has 0 atom stereocenters. The number of aromatic nitrogens is 2. The molecule has 5 rings (SSSR count). The van der Waals surface area contributed by atoms with Gasteiger partial charge in [0.05, 0.1) is 0 Å². The Kier molecular flexibility index (Phi) is 3.17. The van der Waals surface area contributed by atoms with Crippen LogP contribution in [0.5, 0.6) is 6.01 Å². The second-order valence-electron chi connectivity index (χ2n) is 7.17. The number of ether oxygens (including phenoxy) is 1. The van der Waals surface area contributed by atoms with Crippen LogP contribution in [0.25, 0.3) is 6.08 Å². The summed E-state index contributed by atoms with van der Waals surface area (Å²) in [5, 5.41) is 8.62. The lowest BCUT2D eigenvalue weighted by Gasteiger charge is -2.55. The van der Waals surface area contributed by atoms with E-state index in [9.17, 15) is 4.79 Å². The van der Waals surface area contributed by atoms with Crippen LogP contribution < -0.4 is 4.74 Å². The number of rotatable bonds is 4. The summed E-state index contributed by atoms with van der Waals surface area (Å²) < 4.78 is 6.23. The van der Waals surface area contributed by atoms with Gasteiger partial charge in [-0.05, 0) is 62.4 Å². The molecule has 5 nitrogen and oxygen atoms in total. The molecule has 0 amide bonds. The van der Waals surface area contributed by atoms with Gasteiger partial charge in [0.1, 0.15) is 5.60 Å². The second kappa shape index (κ2) is 5.07. The molecule has 0 saturated heterocycles. The molecule has 4 aliphatic rings. The van der Waals surface area contributed by atoms with Gasteiger partial charge in [0.15, 0.2) is 0 Å². The third kappa shape index (κ3) is 2.60. The van der Waals surface area contributed by atoms with Crippen molar-refractivity contribution < 1.29 is 14.6 Å². The highest BCUT2D eigenvalue weighted by Gasteiger charge is 2.52. The summed E-state index contributed by atoms with van der Waals surface area (Å²) in [6, 6.07) is 0.425. The van der Waals surface area contributed by atoms with Gasteiger partial charge in [-0.2, -0.15) is 0 Å². The standard InChI is InChI=1S/C17H20N2O3/c20-15(21)2-1-11-9-18-16(19-10-11)22-17-6-12-3-13(7-17)5-14(4-12)8-17/h1-2,9-10,12-14H,3-8H2,(H,20,21)/b2-1+. The highest BCUT2D eigenvalue weighted by molar-refractivity contribution is 5.85. The van der Waals surface area contributed by atoms with Crippen molar-refractivity contribution in [1.82, 2.24) is 9.97 Å². The van der Waals surface area contributed by atoms with Crippen molar-refractivity contribution in [2.24, 2.45) is 17.8 Å². The molecule has 4 bridgehead atoms. The SMILES string of the molecule is O=C(O)/C=C/c1cnc(OC23CC4CC(CC(C4)C2)C3)nc1. The third-order valence-corrected chi connectivity index (χ3v) is 5.36. The van der Waals surface area contributed by atoms with Gasteiger partial charge in [-0.25, -0.2) is 14.8 Å². The predicted molar refractivity (Wildman–Crippen MR) is 80.2 cm³/mol. The fourth-order valence-corrected chi connectivity index (χ4v) is 4.98. The molecule has 0 radical (unpaired) electrons. The molecule has 1 N–H and O–H groups in total. The first kappa shape index (κ1) is 13.7. The summed E-state index contributed by atoms with van der Waals surface area (Å²) in [5.41, 5.74) is 0.618. The average Bonchev–Trinajstić information content (AvgIpc) is 2.44. The molecule has 5 heteroatoms. The summed E-state index contributed by atoms with van der Waals surface area (Å²) in [7, 11) is 0. The molecule has 0 aromatic carbocycles. The van der Waals surface area contributed by atoms with E-state index in [1.807, 2.05) is 0 Å². The number of hydrogen-bond acceptors (Lipinski definition) is 4. The Morgan fingerprint density at radius 1 is 1.14 bits per heavy atom. The largest absolute Gasteiger partial charge is 0.478 e. The number of nitrogens with zero attached hydrogens (tertiary/aromatic N) is 2. The molecule has 116 valence electrons. The zero-order valence-corrected chi connectivity index (χ0v) is 12.4. The fourth-order valence-electron chi connectivity index (χ4n) is 4.98. The number of carbonyl (C=O) groups is 1. The Morgan fingerprint density at radius 2 is 1.68 bits per heavy atom. The van der Waals surface area contributed by atoms with E-state index in [-0.39, 0.29) is 5.60 Å². The minimum Gasteiger partial charge on any atom is -0.478 e. The minimum absolute atomic E-state index is 0.0484. The molecule has 22 heavy (non-hydrogen) atoms. The first-order chi connectivity index (χ1) is 10.6. The van der Waals surface area contributed by atoms with Crippen molar-refractivity contribution in [2.45, 2.75) is 44.1 Å². The lowest BCUT2D eigenvalue weighted by atomic mass is 9.54. The summed E-state index contributed by atoms with van der Waals surface area (Å²) in [5.74, 6) is 1.49. The van der Waals surface area contributed by atoms with Gasteiger partial charge >= 0.3 is 12.0 Å². The molecule has 1 aromatic heterocycles. The van der Waals surface area contributed by atoms with Crippen molar-refractivity contribution in [3.8, 4) is 6.01 Å². The lowest BCUT2D eigenvalue weighted by Crippen LogP contribution is -2.53. The van der Waals surface area contributed by atoms with E-state index in [4.69, 9.17) is 9.84 Å². The maximum absolute atomic E-state index is 10.5. The molecule has 0 spiro atoms. The van der Waals surface area contributed by atoms with E-state index in [2.05, 4.69) is 9.97 Å². The van der Waals surface area contributed by atoms with Gasteiger partial charge in [-0.1, -0.05) is 0 Å². The number of carboxylic acids is 1. The summed E-state index contributed by atoms with van der Waals surface area (Å²) in [6.45, 7) is 0. The van der Waals surface area contributed by atoms with Crippen molar-refractivity contribution in [2.75, 3.05) is 0 Å². The van der Waals surface area contributed by atoms with Crippen LogP contribution in [0.4, 0.5) is 0 Å². The maximum Gasteiger partial charge on any atom is 0.328 e. The monoisotopic (exact) mass is 300 g/mol. The molecular formula is C17H20N2O3. The highest BCUT2D eigenvalue weighted by atomic mass is 16.5. The van der Waals surface area contributed by atoms with Crippen molar-refractivity contribution in [3.63, 3.8) is 0 Å². The normalized spacial score (nSPS) is 35.9. The first-order valence-electron chi connectivity index (χ1n) is 8.02. The zero-order valence-electron chi connectivity index (χ0n) is 12.4. The van der Waals surface area contributed by atoms with Crippen LogP contribution in [0.1, 0.15) is 44.1 Å². The van der Waals surface area contributed by atoms with Gasteiger partial charge in [-0.3, -0.25) is 0 Å². The van der Waals surface area contributed by atoms with E-state index < -0.39 is 5.97 Å². The van der Waals surface area contributed by atoms with E-state index in [0.29, 0.717) is 11.6 Å². The topological polar surface area (TPSA) is 72.3 Å². The third-order valence-electron chi connectivity index (χ3n) is 5.36. The van der Waals surface area contributed by atoms with Crippen LogP contribution >= 0.6 is 0 Å². The Labute approximate surface area is 129 Å². The van der Waals surface area contributed by atoms with E-state index >= 15 is 0 Å². The number of hydrogen-bond donors (Lipinski definition) is 1. The molecular weight excluding hydrogens is 280 g/mol. The van der Waals surface area contributed by atoms with Gasteiger partial charge in [0, 0.05) is 24.0 Å². The molecule has 0 aliphatic heterocycles. The molecule has 0 unspecified atom stereocenters. The van der Waals surface area contributed by atoms with E-state index in [1.165, 1.54) is 25.3 Å². The van der Waals surface area contributed by atoms with Crippen LogP contribution in [0.2, 0.25) is 0 Å². The fraction of sp³-hybridized carbons (Fsp3) is 0.588. The molecule has 4 fully saturated rings. The Morgan fingerprint density at radius 3 is 2.18 bits per heavy atom. The van der Waals surface area contributed by atoms with Gasteiger partial charge in [-0.15, -0.1) is 0 Å². The maximum atomic E-state index is 10.5. The average molecular weight is 300 g/mol. The number of aliphatic carboxylic acids is 1. The number of carboxylic acid groups (broad SMARTS) is 1. The Bertz CT molecular complexity index is 574. The van der Waals surface area contributed by atoms with Crippen LogP contribution in [0, 0.1) is 17.8 Å². The Hall–Kier alpha value is -1.91. The van der Waals surface area contributed by atoms with Crippen LogP contribution in [0.3, 0.4) is 0 Å². The second-order valence-corrected chi connectivity index (χ2v) is 7.17. The molecule has 4 saturated carbocycles. The summed E-state index contributed by atoms with van der Waals surface area (Å²) >= 11 is 0. The smallest absolute Gasteiger partial charge is 0.328 e. The molecule has 1 aromatic rings. The van der Waals surface area contributed by atoms with Crippen molar-refractivity contribution >= 4 is 12.0 Å². The molecule has 1 heterocycles. The lowest BCUT2D eigenvalue weighted by molar-refractivity contribution is -0.131. The van der Waals surface area contributed by atoms with E-state index in [0.717, 1.165) is 43.1 Å². The van der Waals surface area contributed by atoms with Crippen LogP contribution in [-0.4, -0.2) is 26.6 Å². The van der Waals surface area contributed by atoms with Gasteiger partial charge < -0.3 is 9.84 Å². The van der Waals surface area contributed by atoms with Gasteiger partial charge in [0.25, 0.3) is 0 Å². The van der Waals surface area contributed by atoms with E-state index in [1.54, 1.807) is 12.4 Å².